The van der Waals surface area contributed by atoms with Crippen molar-refractivity contribution in [3.63, 3.8) is 0 Å². The number of anilines is 3. The maximum Gasteiger partial charge on any atom is 0.341 e. The van der Waals surface area contributed by atoms with Gasteiger partial charge in [-0.05, 0) is 31.2 Å². The number of halogens is 2. The topological polar surface area (TPSA) is 103 Å². The molecular formula is C18H15Cl2N5O2. The van der Waals surface area contributed by atoms with Gasteiger partial charge in [0.1, 0.15) is 0 Å². The summed E-state index contributed by atoms with van der Waals surface area (Å²) in [5.41, 5.74) is 7.72. The Balaban J connectivity index is 1.73. The van der Waals surface area contributed by atoms with Crippen LogP contribution in [-0.2, 0) is 11.3 Å². The lowest BCUT2D eigenvalue weighted by molar-refractivity contribution is 0.0462. The van der Waals surface area contributed by atoms with Crippen molar-refractivity contribution < 1.29 is 9.53 Å². The molecule has 3 aromatic rings. The standard InChI is InChI=1S/C18H15Cl2N5O2/c1-10-5-7-11(8-6-10)22-18-24-14(23-17(21)25-18)9-27-16(26)15-12(19)3-2-4-13(15)20/h2-8H,9H2,1H3,(H3,21,22,23,24,25). The minimum absolute atomic E-state index is 0.00133. The van der Waals surface area contributed by atoms with E-state index in [1.54, 1.807) is 18.2 Å². The van der Waals surface area contributed by atoms with Crippen LogP contribution in [-0.4, -0.2) is 20.9 Å². The van der Waals surface area contributed by atoms with Crippen LogP contribution in [0.25, 0.3) is 0 Å². The Labute approximate surface area is 165 Å². The summed E-state index contributed by atoms with van der Waals surface area (Å²) in [6.07, 6.45) is 0. The van der Waals surface area contributed by atoms with Crippen molar-refractivity contribution in [1.29, 1.82) is 0 Å². The van der Waals surface area contributed by atoms with Gasteiger partial charge in [-0.2, -0.15) is 15.0 Å². The van der Waals surface area contributed by atoms with Crippen LogP contribution in [0.5, 0.6) is 0 Å². The number of carbonyl (C=O) groups is 1. The number of aryl methyl sites for hydroxylation is 1. The van der Waals surface area contributed by atoms with Crippen molar-refractivity contribution >= 4 is 46.8 Å². The first-order valence-corrected chi connectivity index (χ1v) is 8.63. The molecule has 0 amide bonds. The third kappa shape index (κ3) is 4.84. The maximum atomic E-state index is 12.2. The number of aromatic nitrogens is 3. The number of esters is 1. The van der Waals surface area contributed by atoms with Crippen LogP contribution < -0.4 is 11.1 Å². The second-order valence-corrected chi connectivity index (χ2v) is 6.41. The van der Waals surface area contributed by atoms with Gasteiger partial charge in [0.25, 0.3) is 0 Å². The van der Waals surface area contributed by atoms with Crippen molar-refractivity contribution in [1.82, 2.24) is 15.0 Å². The summed E-state index contributed by atoms with van der Waals surface area (Å²) >= 11 is 12.0. The van der Waals surface area contributed by atoms with E-state index in [9.17, 15) is 4.79 Å². The quantitative estimate of drug-likeness (QED) is 0.615. The van der Waals surface area contributed by atoms with E-state index in [2.05, 4.69) is 20.3 Å². The molecule has 0 saturated heterocycles. The number of hydrogen-bond acceptors (Lipinski definition) is 7. The van der Waals surface area contributed by atoms with Gasteiger partial charge in [0.05, 0.1) is 15.6 Å². The molecule has 1 heterocycles. The molecule has 7 nitrogen and oxygen atoms in total. The van der Waals surface area contributed by atoms with Gasteiger partial charge in [-0.3, -0.25) is 0 Å². The second-order valence-electron chi connectivity index (χ2n) is 5.60. The zero-order valence-corrected chi connectivity index (χ0v) is 15.8. The van der Waals surface area contributed by atoms with E-state index in [1.165, 1.54) is 0 Å². The largest absolute Gasteiger partial charge is 0.454 e. The minimum atomic E-state index is -0.683. The van der Waals surface area contributed by atoms with E-state index in [0.29, 0.717) is 0 Å². The highest BCUT2D eigenvalue weighted by Gasteiger charge is 2.17. The fraction of sp³-hybridized carbons (Fsp3) is 0.111. The van der Waals surface area contributed by atoms with Crippen LogP contribution in [0.4, 0.5) is 17.6 Å². The molecule has 3 N–H and O–H groups in total. The summed E-state index contributed by atoms with van der Waals surface area (Å²) < 4.78 is 5.21. The Morgan fingerprint density at radius 2 is 1.74 bits per heavy atom. The van der Waals surface area contributed by atoms with Crippen LogP contribution in [0.2, 0.25) is 10.0 Å². The molecule has 0 aliphatic carbocycles. The summed E-state index contributed by atoms with van der Waals surface area (Å²) in [6.45, 7) is 1.78. The Bertz CT molecular complexity index is 960. The zero-order valence-electron chi connectivity index (χ0n) is 14.2. The fourth-order valence-corrected chi connectivity index (χ4v) is 2.77. The molecule has 0 radical (unpaired) electrons. The van der Waals surface area contributed by atoms with Crippen molar-refractivity contribution in [3.05, 3.63) is 69.5 Å². The molecule has 1 aromatic heterocycles. The number of benzene rings is 2. The number of nitrogens with two attached hydrogens (primary N) is 1. The summed E-state index contributed by atoms with van der Waals surface area (Å²) in [7, 11) is 0. The van der Waals surface area contributed by atoms with Crippen molar-refractivity contribution in [2.75, 3.05) is 11.1 Å². The zero-order chi connectivity index (χ0) is 19.4. The number of hydrogen-bond donors (Lipinski definition) is 2. The van der Waals surface area contributed by atoms with Gasteiger partial charge in [0.15, 0.2) is 12.4 Å². The van der Waals surface area contributed by atoms with Crippen molar-refractivity contribution in [2.24, 2.45) is 0 Å². The minimum Gasteiger partial charge on any atom is -0.454 e. The average molecular weight is 404 g/mol. The lowest BCUT2D eigenvalue weighted by Crippen LogP contribution is -2.11. The number of nitrogens with zero attached hydrogens (tertiary/aromatic N) is 3. The number of nitrogens with one attached hydrogen (secondary N) is 1. The summed E-state index contributed by atoms with van der Waals surface area (Å²) in [5.74, 6) is -0.249. The van der Waals surface area contributed by atoms with Gasteiger partial charge in [-0.25, -0.2) is 4.79 Å². The smallest absolute Gasteiger partial charge is 0.341 e. The highest BCUT2D eigenvalue weighted by molar-refractivity contribution is 6.39. The normalized spacial score (nSPS) is 10.5. The lowest BCUT2D eigenvalue weighted by Gasteiger charge is -2.09. The first kappa shape index (κ1) is 18.9. The molecule has 3 rings (SSSR count). The first-order chi connectivity index (χ1) is 12.9. The molecule has 9 heteroatoms. The van der Waals surface area contributed by atoms with Crippen molar-refractivity contribution in [2.45, 2.75) is 13.5 Å². The Kier molecular flexibility index (Phi) is 5.73. The molecule has 0 spiro atoms. The highest BCUT2D eigenvalue weighted by atomic mass is 35.5. The Morgan fingerprint density at radius 3 is 2.41 bits per heavy atom. The fourth-order valence-electron chi connectivity index (χ4n) is 2.22. The number of nitrogen functional groups attached to an aromatic ring is 1. The Hall–Kier alpha value is -2.90. The highest BCUT2D eigenvalue weighted by Crippen LogP contribution is 2.25. The van der Waals surface area contributed by atoms with E-state index in [4.69, 9.17) is 33.7 Å². The van der Waals surface area contributed by atoms with Gasteiger partial charge in [0.2, 0.25) is 11.9 Å². The molecule has 2 aromatic carbocycles. The molecule has 0 aliphatic heterocycles. The third-order valence-electron chi connectivity index (χ3n) is 3.51. The van der Waals surface area contributed by atoms with Crippen molar-refractivity contribution in [3.8, 4) is 0 Å². The number of carbonyl (C=O) groups excluding carboxylic acids is 1. The molecule has 0 bridgehead atoms. The number of rotatable bonds is 5. The van der Waals surface area contributed by atoms with Crippen LogP contribution in [0.1, 0.15) is 21.7 Å². The summed E-state index contributed by atoms with van der Waals surface area (Å²) in [4.78, 5) is 24.4. The van der Waals surface area contributed by atoms with Gasteiger partial charge in [0, 0.05) is 5.69 Å². The first-order valence-electron chi connectivity index (χ1n) is 7.87. The average Bonchev–Trinajstić information content (AvgIpc) is 2.61. The third-order valence-corrected chi connectivity index (χ3v) is 4.14. The second kappa shape index (κ2) is 8.20. The van der Waals surface area contributed by atoms with E-state index < -0.39 is 5.97 Å². The number of ether oxygens (including phenoxy) is 1. The van der Waals surface area contributed by atoms with Gasteiger partial charge < -0.3 is 15.8 Å². The molecule has 27 heavy (non-hydrogen) atoms. The predicted octanol–water partition coefficient (Wildman–Crippen LogP) is 4.17. The molecule has 0 aliphatic rings. The summed E-state index contributed by atoms with van der Waals surface area (Å²) in [5, 5.41) is 3.42. The van der Waals surface area contributed by atoms with Gasteiger partial charge in [-0.15, -0.1) is 0 Å². The van der Waals surface area contributed by atoms with Crippen LogP contribution >= 0.6 is 23.2 Å². The van der Waals surface area contributed by atoms with Gasteiger partial charge >= 0.3 is 5.97 Å². The van der Waals surface area contributed by atoms with E-state index >= 15 is 0 Å². The summed E-state index contributed by atoms with van der Waals surface area (Å²) in [6, 6.07) is 12.4. The molecular weight excluding hydrogens is 389 g/mol. The van der Waals surface area contributed by atoms with E-state index in [0.717, 1.165) is 11.3 Å². The van der Waals surface area contributed by atoms with E-state index in [-0.39, 0.29) is 39.9 Å². The van der Waals surface area contributed by atoms with Gasteiger partial charge in [-0.1, -0.05) is 47.0 Å². The molecule has 0 saturated carbocycles. The van der Waals surface area contributed by atoms with Crippen LogP contribution in [0, 0.1) is 6.92 Å². The monoisotopic (exact) mass is 403 g/mol. The molecule has 0 atom stereocenters. The maximum absolute atomic E-state index is 12.2. The molecule has 0 unspecified atom stereocenters. The van der Waals surface area contributed by atoms with Crippen LogP contribution in [0.15, 0.2) is 42.5 Å². The SMILES string of the molecule is Cc1ccc(Nc2nc(N)nc(COC(=O)c3c(Cl)cccc3Cl)n2)cc1. The predicted molar refractivity (Wildman–Crippen MR) is 104 cm³/mol. The molecule has 0 fully saturated rings. The van der Waals surface area contributed by atoms with Crippen LogP contribution in [0.3, 0.4) is 0 Å². The lowest BCUT2D eigenvalue weighted by atomic mass is 10.2. The molecule has 138 valence electrons. The van der Waals surface area contributed by atoms with E-state index in [1.807, 2.05) is 31.2 Å². The Morgan fingerprint density at radius 1 is 1.07 bits per heavy atom.